The van der Waals surface area contributed by atoms with E-state index in [1.807, 2.05) is 4.90 Å². The van der Waals surface area contributed by atoms with Crippen LogP contribution in [0.2, 0.25) is 10.3 Å². The van der Waals surface area contributed by atoms with Crippen molar-refractivity contribution >= 4 is 61.9 Å². The molecule has 0 aliphatic carbocycles. The first-order chi connectivity index (χ1) is 13.8. The Labute approximate surface area is 184 Å². The zero-order chi connectivity index (χ0) is 20.9. The second kappa shape index (κ2) is 7.70. The van der Waals surface area contributed by atoms with Crippen LogP contribution >= 0.6 is 39.1 Å². The first-order valence-electron chi connectivity index (χ1n) is 8.81. The fraction of sp³-hybridized carbons (Fsp3) is 0.333. The Morgan fingerprint density at radius 1 is 1.31 bits per heavy atom. The lowest BCUT2D eigenvalue weighted by atomic mass is 10.2. The number of hydrogen-bond acceptors (Lipinski definition) is 5. The quantitative estimate of drug-likeness (QED) is 0.362. The Hall–Kier alpha value is -1.97. The van der Waals surface area contributed by atoms with Crippen molar-refractivity contribution < 1.29 is 9.18 Å². The molecule has 1 amide bonds. The lowest BCUT2D eigenvalue weighted by Gasteiger charge is -2.23. The van der Waals surface area contributed by atoms with Gasteiger partial charge in [0.15, 0.2) is 5.82 Å². The van der Waals surface area contributed by atoms with E-state index in [2.05, 4.69) is 31.0 Å². The molecule has 3 heterocycles. The van der Waals surface area contributed by atoms with Gasteiger partial charge in [0.05, 0.1) is 15.2 Å². The van der Waals surface area contributed by atoms with Gasteiger partial charge in [-0.05, 0) is 46.4 Å². The summed E-state index contributed by atoms with van der Waals surface area (Å²) in [6.45, 7) is 1.11. The third-order valence-corrected chi connectivity index (χ3v) is 6.21. The molecule has 2 aromatic heterocycles. The molecule has 0 atom stereocenters. The van der Waals surface area contributed by atoms with Crippen LogP contribution in [0.4, 0.5) is 15.0 Å². The average molecular weight is 502 g/mol. The molecular weight excluding hydrogens is 486 g/mol. The molecule has 0 saturated heterocycles. The largest absolute Gasteiger partial charge is 0.351 e. The van der Waals surface area contributed by atoms with E-state index in [4.69, 9.17) is 23.2 Å². The molecule has 0 fully saturated rings. The number of aryl methyl sites for hydroxylation is 1. The van der Waals surface area contributed by atoms with E-state index < -0.39 is 5.82 Å². The van der Waals surface area contributed by atoms with Gasteiger partial charge in [0.2, 0.25) is 5.28 Å². The standard InChI is InChI=1S/C18H16BrCl2FN6O/c1-26(2)18(29)28-8-9-7-27(5-3-4-12(9)25-28)16-10-6-11(20)13(19)14(22)15(10)23-17(21)24-16/h6,8H,3-5,7H2,1-2H3. The lowest BCUT2D eigenvalue weighted by molar-refractivity contribution is 0.215. The highest BCUT2D eigenvalue weighted by molar-refractivity contribution is 9.10. The molecule has 0 radical (unpaired) electrons. The van der Waals surface area contributed by atoms with Crippen LogP contribution in [0.1, 0.15) is 17.7 Å². The predicted octanol–water partition coefficient (Wildman–Crippen LogP) is 4.52. The molecule has 11 heteroatoms. The Morgan fingerprint density at radius 3 is 2.79 bits per heavy atom. The van der Waals surface area contributed by atoms with Crippen molar-refractivity contribution in [3.8, 4) is 0 Å². The minimum absolute atomic E-state index is 0.0522. The number of amides is 1. The van der Waals surface area contributed by atoms with Gasteiger partial charge in [-0.2, -0.15) is 14.8 Å². The molecule has 1 aliphatic rings. The van der Waals surface area contributed by atoms with E-state index in [0.717, 1.165) is 24.1 Å². The highest BCUT2D eigenvalue weighted by atomic mass is 79.9. The Kier molecular flexibility index (Phi) is 5.39. The van der Waals surface area contributed by atoms with Crippen LogP contribution in [0.3, 0.4) is 0 Å². The van der Waals surface area contributed by atoms with Gasteiger partial charge in [-0.15, -0.1) is 0 Å². The fourth-order valence-corrected chi connectivity index (χ4v) is 4.02. The van der Waals surface area contributed by atoms with Gasteiger partial charge in [-0.3, -0.25) is 0 Å². The smallest absolute Gasteiger partial charge is 0.344 e. The van der Waals surface area contributed by atoms with E-state index in [9.17, 15) is 9.18 Å². The molecular formula is C18H16BrCl2FN6O. The van der Waals surface area contributed by atoms with E-state index >= 15 is 0 Å². The molecule has 7 nitrogen and oxygen atoms in total. The van der Waals surface area contributed by atoms with Gasteiger partial charge in [0.25, 0.3) is 0 Å². The molecule has 0 bridgehead atoms. The number of aromatic nitrogens is 4. The molecule has 1 aliphatic heterocycles. The van der Waals surface area contributed by atoms with Gasteiger partial charge in [0.1, 0.15) is 11.3 Å². The first kappa shape index (κ1) is 20.3. The zero-order valence-corrected chi connectivity index (χ0v) is 18.7. The van der Waals surface area contributed by atoms with Crippen molar-refractivity contribution in [3.05, 3.63) is 44.1 Å². The van der Waals surface area contributed by atoms with Crippen LogP contribution in [0.5, 0.6) is 0 Å². The zero-order valence-electron chi connectivity index (χ0n) is 15.6. The van der Waals surface area contributed by atoms with Crippen LogP contribution in [-0.4, -0.2) is 51.3 Å². The van der Waals surface area contributed by atoms with Crippen LogP contribution in [0, 0.1) is 5.82 Å². The summed E-state index contributed by atoms with van der Waals surface area (Å²) in [5, 5.41) is 5.08. The van der Waals surface area contributed by atoms with Crippen LogP contribution in [0.15, 0.2) is 16.7 Å². The summed E-state index contributed by atoms with van der Waals surface area (Å²) in [6.07, 6.45) is 3.23. The van der Waals surface area contributed by atoms with Gasteiger partial charge >= 0.3 is 6.03 Å². The number of anilines is 1. The minimum atomic E-state index is -0.585. The summed E-state index contributed by atoms with van der Waals surface area (Å²) in [5.41, 5.74) is 1.86. The number of carbonyl (C=O) groups is 1. The molecule has 1 aromatic carbocycles. The number of rotatable bonds is 1. The van der Waals surface area contributed by atoms with Gasteiger partial charge in [0, 0.05) is 44.3 Å². The summed E-state index contributed by atoms with van der Waals surface area (Å²) in [4.78, 5) is 24.1. The summed E-state index contributed by atoms with van der Waals surface area (Å²) in [5.74, 6) is -0.0919. The number of nitrogens with zero attached hydrogens (tertiary/aromatic N) is 6. The number of halogens is 4. The molecule has 0 saturated carbocycles. The molecule has 0 N–H and O–H groups in total. The minimum Gasteiger partial charge on any atom is -0.351 e. The van der Waals surface area contributed by atoms with Gasteiger partial charge in [-0.25, -0.2) is 14.2 Å². The van der Waals surface area contributed by atoms with E-state index in [0.29, 0.717) is 24.3 Å². The second-order valence-electron chi connectivity index (χ2n) is 6.95. The van der Waals surface area contributed by atoms with E-state index in [1.165, 1.54) is 9.58 Å². The van der Waals surface area contributed by atoms with E-state index in [1.54, 1.807) is 26.4 Å². The summed E-state index contributed by atoms with van der Waals surface area (Å²) in [7, 11) is 3.35. The molecule has 152 valence electrons. The summed E-state index contributed by atoms with van der Waals surface area (Å²) >= 11 is 15.4. The number of fused-ring (bicyclic) bond motifs is 2. The SMILES string of the molecule is CN(C)C(=O)n1cc2c(n1)CCCN(c1nc(Cl)nc3c(F)c(Br)c(Cl)cc13)C2. The monoisotopic (exact) mass is 500 g/mol. The van der Waals surface area contributed by atoms with Crippen molar-refractivity contribution in [3.63, 3.8) is 0 Å². The number of benzene rings is 1. The maximum absolute atomic E-state index is 14.7. The van der Waals surface area contributed by atoms with Gasteiger partial charge in [-0.1, -0.05) is 11.6 Å². The molecule has 4 rings (SSSR count). The maximum Gasteiger partial charge on any atom is 0.344 e. The Balaban J connectivity index is 1.80. The predicted molar refractivity (Wildman–Crippen MR) is 113 cm³/mol. The normalized spacial score (nSPS) is 14.1. The van der Waals surface area contributed by atoms with Crippen molar-refractivity contribution in [2.75, 3.05) is 25.5 Å². The first-order valence-corrected chi connectivity index (χ1v) is 10.4. The van der Waals surface area contributed by atoms with Crippen LogP contribution in [0.25, 0.3) is 10.9 Å². The molecule has 0 unspecified atom stereocenters. The maximum atomic E-state index is 14.7. The molecule has 29 heavy (non-hydrogen) atoms. The fourth-order valence-electron chi connectivity index (χ4n) is 3.36. The van der Waals surface area contributed by atoms with Crippen molar-refractivity contribution in [1.29, 1.82) is 0 Å². The van der Waals surface area contributed by atoms with Crippen molar-refractivity contribution in [2.45, 2.75) is 19.4 Å². The Bertz CT molecular complexity index is 1140. The Morgan fingerprint density at radius 2 is 2.07 bits per heavy atom. The van der Waals surface area contributed by atoms with Crippen LogP contribution < -0.4 is 4.90 Å². The van der Waals surface area contributed by atoms with Crippen molar-refractivity contribution in [2.24, 2.45) is 0 Å². The highest BCUT2D eigenvalue weighted by Gasteiger charge is 2.24. The number of carbonyl (C=O) groups excluding carboxylic acids is 1. The van der Waals surface area contributed by atoms with Gasteiger partial charge < -0.3 is 9.80 Å². The third-order valence-electron chi connectivity index (χ3n) is 4.74. The molecule has 3 aromatic rings. The third kappa shape index (κ3) is 3.67. The summed E-state index contributed by atoms with van der Waals surface area (Å²) in [6, 6.07) is 1.40. The van der Waals surface area contributed by atoms with E-state index in [-0.39, 0.29) is 26.3 Å². The van der Waals surface area contributed by atoms with Crippen LogP contribution in [-0.2, 0) is 13.0 Å². The average Bonchev–Trinajstić information content (AvgIpc) is 2.97. The number of hydrogen-bond donors (Lipinski definition) is 0. The highest BCUT2D eigenvalue weighted by Crippen LogP contribution is 2.36. The second-order valence-corrected chi connectivity index (χ2v) is 8.48. The lowest BCUT2D eigenvalue weighted by Crippen LogP contribution is -2.28. The molecule has 0 spiro atoms. The topological polar surface area (TPSA) is 67.2 Å². The summed E-state index contributed by atoms with van der Waals surface area (Å²) < 4.78 is 16.2. The van der Waals surface area contributed by atoms with Crippen molar-refractivity contribution in [1.82, 2.24) is 24.6 Å².